The molecule has 0 unspecified atom stereocenters. The third-order valence-corrected chi connectivity index (χ3v) is 14.4. The average molecular weight is 1480 g/mol. The molecule has 19 heteroatoms. The van der Waals surface area contributed by atoms with Crippen LogP contribution in [0.1, 0.15) is 162 Å². The zero-order valence-corrected chi connectivity index (χ0v) is 63.8. The molecule has 0 aliphatic carbocycles. The molecule has 10 N–H and O–H groups in total. The molecule has 0 saturated carbocycles. The summed E-state index contributed by atoms with van der Waals surface area (Å²) in [5.74, 6) is 0.0545. The van der Waals surface area contributed by atoms with Gasteiger partial charge < -0.3 is 37.3 Å². The third kappa shape index (κ3) is 34.0. The topological polar surface area (TPSA) is 280 Å². The van der Waals surface area contributed by atoms with Gasteiger partial charge in [0, 0.05) is 55.5 Å². The van der Waals surface area contributed by atoms with Crippen LogP contribution in [0, 0.1) is 88.5 Å². The fraction of sp³-hybridized carbons (Fsp3) is 0.235. The molecule has 0 aliphatic heterocycles. The van der Waals surface area contributed by atoms with Gasteiger partial charge in [-0.2, -0.15) is 9.98 Å². The Morgan fingerprint density at radius 3 is 0.910 bits per heavy atom. The van der Waals surface area contributed by atoms with Crippen molar-refractivity contribution in [2.24, 2.45) is 21.5 Å². The van der Waals surface area contributed by atoms with Crippen molar-refractivity contribution in [2.45, 2.75) is 110 Å². The van der Waals surface area contributed by atoms with Crippen molar-refractivity contribution in [1.82, 2.24) is 6.15 Å². The number of rotatable bonds is 12. The smallest absolute Gasteiger partial charge is 0.280 e. The second-order valence-electron chi connectivity index (χ2n) is 22.7. The Balaban J connectivity index is 0.00000116. The number of halogens is 4. The van der Waals surface area contributed by atoms with E-state index in [-0.39, 0.29) is 47.7 Å². The van der Waals surface area contributed by atoms with E-state index < -0.39 is 10.5 Å². The molecular weight excluding hydrogens is 1390 g/mol. The molecular formula is C81H96BrCl3N6O9. The van der Waals surface area contributed by atoms with Crippen LogP contribution >= 0.6 is 51.5 Å². The van der Waals surface area contributed by atoms with Crippen molar-refractivity contribution < 1.29 is 43.7 Å². The van der Waals surface area contributed by atoms with Crippen molar-refractivity contribution in [3.05, 3.63) is 315 Å². The number of hydrogen-bond acceptors (Lipinski definition) is 11. The lowest BCUT2D eigenvalue weighted by Crippen LogP contribution is -2.11. The van der Waals surface area contributed by atoms with Crippen LogP contribution in [0.2, 0.25) is 0 Å². The summed E-state index contributed by atoms with van der Waals surface area (Å²) in [6, 6.07) is 60.1. The molecule has 0 aromatic heterocycles. The third-order valence-electron chi connectivity index (χ3n) is 13.5. The Morgan fingerprint density at radius 2 is 0.660 bits per heavy atom. The molecule has 0 saturated heterocycles. The van der Waals surface area contributed by atoms with E-state index in [1.165, 1.54) is 27.8 Å². The van der Waals surface area contributed by atoms with Crippen LogP contribution < -0.4 is 17.6 Å². The molecule has 0 atom stereocenters. The first-order valence-electron chi connectivity index (χ1n) is 31.4. The van der Waals surface area contributed by atoms with Gasteiger partial charge in [-0.3, -0.25) is 29.4 Å². The lowest BCUT2D eigenvalue weighted by molar-refractivity contribution is 0.0991. The first-order valence-corrected chi connectivity index (χ1v) is 33.0. The number of ether oxygens (including phenoxy) is 3. The van der Waals surface area contributed by atoms with Gasteiger partial charge in [0.25, 0.3) is 22.3 Å². The number of benzene rings is 9. The van der Waals surface area contributed by atoms with Crippen LogP contribution in [0.25, 0.3) is 0 Å². The van der Waals surface area contributed by atoms with Crippen LogP contribution in [0.15, 0.2) is 209 Å². The molecule has 0 fully saturated rings. The van der Waals surface area contributed by atoms with E-state index in [1.807, 2.05) is 181 Å². The van der Waals surface area contributed by atoms with Gasteiger partial charge >= 0.3 is 0 Å². The summed E-state index contributed by atoms with van der Waals surface area (Å²) in [5.41, 5.74) is 30.9. The Kier molecular flexibility index (Phi) is 43.3. The van der Waals surface area contributed by atoms with Gasteiger partial charge in [-0.1, -0.05) is 169 Å². The maximum Gasteiger partial charge on any atom is 0.280 e. The summed E-state index contributed by atoms with van der Waals surface area (Å²) in [7, 11) is 0. The summed E-state index contributed by atoms with van der Waals surface area (Å²) in [6.07, 6.45) is 0. The van der Waals surface area contributed by atoms with E-state index in [9.17, 15) is 24.0 Å². The molecule has 0 aliphatic rings. The molecule has 3 amide bonds. The van der Waals surface area contributed by atoms with Crippen LogP contribution in [-0.4, -0.2) is 71.2 Å². The van der Waals surface area contributed by atoms with Gasteiger partial charge in [0.05, 0.1) is 19.8 Å². The fourth-order valence-corrected chi connectivity index (χ4v) is 10.6. The number of aryl methyl sites for hydroxylation is 12. The molecule has 0 bridgehead atoms. The van der Waals surface area contributed by atoms with Gasteiger partial charge in [0.1, 0.15) is 0 Å². The minimum atomic E-state index is -0.407. The lowest BCUT2D eigenvalue weighted by Gasteiger charge is -2.09. The Bertz CT molecular complexity index is 3870. The van der Waals surface area contributed by atoms with E-state index in [2.05, 4.69) is 70.1 Å². The van der Waals surface area contributed by atoms with Crippen LogP contribution in [-0.2, 0) is 20.8 Å². The summed E-state index contributed by atoms with van der Waals surface area (Å²) in [4.78, 5) is 64.6. The predicted molar refractivity (Wildman–Crippen MR) is 419 cm³/mol. The normalized spacial score (nSPS) is 10.1. The summed E-state index contributed by atoms with van der Waals surface area (Å²) < 4.78 is 17.4. The summed E-state index contributed by atoms with van der Waals surface area (Å²) in [6.45, 7) is 31.8. The van der Waals surface area contributed by atoms with Gasteiger partial charge in [-0.15, -0.1) is 12.4 Å². The van der Waals surface area contributed by atoms with Crippen molar-refractivity contribution in [3.8, 4) is 0 Å². The Hall–Kier alpha value is -9.23. The number of hydrogen-bond donors (Lipinski definition) is 4. The molecule has 532 valence electrons. The minimum absolute atomic E-state index is 0. The van der Waals surface area contributed by atoms with Crippen molar-refractivity contribution in [3.63, 3.8) is 0 Å². The highest BCUT2D eigenvalue weighted by molar-refractivity contribution is 9.10. The van der Waals surface area contributed by atoms with E-state index in [4.69, 9.17) is 54.3 Å². The molecule has 0 heterocycles. The van der Waals surface area contributed by atoms with E-state index in [0.29, 0.717) is 66.0 Å². The first-order chi connectivity index (χ1) is 46.0. The number of nitrogens with zero attached hydrogens (tertiary/aromatic N) is 2. The van der Waals surface area contributed by atoms with Crippen molar-refractivity contribution >= 4 is 97.4 Å². The number of amides is 3. The molecule has 100 heavy (non-hydrogen) atoms. The van der Waals surface area contributed by atoms with E-state index >= 15 is 0 Å². The van der Waals surface area contributed by atoms with Crippen molar-refractivity contribution in [1.29, 1.82) is 5.41 Å². The Labute approximate surface area is 615 Å². The number of carbonyl (C=O) groups is 5. The van der Waals surface area contributed by atoms with Crippen LogP contribution in [0.4, 0.5) is 0 Å². The maximum atomic E-state index is 12.2. The second-order valence-corrected chi connectivity index (χ2v) is 24.3. The zero-order valence-electron chi connectivity index (χ0n) is 59.9. The number of carbonyl (C=O) groups excluding carboxylic acids is 5. The molecule has 9 aromatic carbocycles. The maximum absolute atomic E-state index is 12.2. The van der Waals surface area contributed by atoms with Crippen LogP contribution in [0.3, 0.4) is 0 Å². The molecule has 9 rings (SSSR count). The molecule has 0 radical (unpaired) electrons. The molecule has 0 spiro atoms. The summed E-state index contributed by atoms with van der Waals surface area (Å²) in [5, 5.41) is 6.80. The SMILES string of the molecule is CCOC(=N)c1cc(C)cc(C)c1.CCOC(=NC(=O)c1ccccc1)c1cc(C)cc(C)c1.CCOC(=NC(=O)c1ccccc1)c1cc(C)cc(C)c1.Cc1cc(Br)cc(C)c1CN.Cc1cc(C)cc(C(=O)Cl)c1.Cc1cc(C)cc(C(N)=O)c1.Cl.N.O.O=C(Cl)c1ccccc1. The van der Waals surface area contributed by atoms with E-state index in [0.717, 1.165) is 65.7 Å². The minimum Gasteiger partial charge on any atom is -0.478 e. The average Bonchev–Trinajstić information content (AvgIpc) is 0.871. The number of nitrogens with one attached hydrogen (secondary N) is 1. The molecule has 9 aromatic rings. The highest BCUT2D eigenvalue weighted by Crippen LogP contribution is 2.21. The number of aliphatic imine (C=N–C) groups is 2. The summed E-state index contributed by atoms with van der Waals surface area (Å²) >= 11 is 13.9. The van der Waals surface area contributed by atoms with Gasteiger partial charge in [-0.05, 0) is 241 Å². The zero-order chi connectivity index (χ0) is 72.3. The lowest BCUT2D eigenvalue weighted by atomic mass is 10.0. The largest absolute Gasteiger partial charge is 0.478 e. The van der Waals surface area contributed by atoms with Gasteiger partial charge in [0.15, 0.2) is 0 Å². The van der Waals surface area contributed by atoms with E-state index in [1.54, 1.807) is 72.8 Å². The quantitative estimate of drug-likeness (QED) is 0.0510. The highest BCUT2D eigenvalue weighted by Gasteiger charge is 2.13. The number of nitrogens with two attached hydrogens (primary N) is 2. The van der Waals surface area contributed by atoms with Gasteiger partial charge in [-0.25, -0.2) is 0 Å². The predicted octanol–water partition coefficient (Wildman–Crippen LogP) is 19.0. The molecule has 15 nitrogen and oxygen atoms in total. The van der Waals surface area contributed by atoms with Crippen LogP contribution in [0.5, 0.6) is 0 Å². The monoisotopic (exact) mass is 1480 g/mol. The second kappa shape index (κ2) is 47.7. The number of primary amides is 1. The first kappa shape index (κ1) is 90.8. The fourth-order valence-electron chi connectivity index (χ4n) is 9.68. The Morgan fingerprint density at radius 1 is 0.400 bits per heavy atom. The van der Waals surface area contributed by atoms with Gasteiger partial charge in [0.2, 0.25) is 23.6 Å². The highest BCUT2D eigenvalue weighted by atomic mass is 79.9. The van der Waals surface area contributed by atoms with Crippen molar-refractivity contribution in [2.75, 3.05) is 19.8 Å². The standard InChI is InChI=1S/2C18H19NO2.C11H15NO.C9H12BrN.C9H9ClO.C9H11NO.C7H5ClO.ClH.H3N.H2O/c2*1-4-21-18(16-11-13(2)10-14(3)12-16)19-17(20)15-8-6-5-7-9-15;1-4-13-11(12)10-6-8(2)5-9(3)7-10;1-6-3-8(10)4-7(2)9(6)5-11;2*1-6-3-7(2)5-8(4-6)9(10)11;8-7(9)6-4-2-1-3-5-6;;;/h2*5-12H,4H2,1-3H3;5-7,12H,4H2,1-3H3;3-4H,5,11H2,1-2H3;3-5H,1-2H3;3-5H,1-2H3,(H2,10,11);1-5H;1H;1H3;1H2.